The van der Waals surface area contributed by atoms with E-state index in [-0.39, 0.29) is 36.9 Å². The van der Waals surface area contributed by atoms with Crippen LogP contribution < -0.4 is 15.4 Å². The van der Waals surface area contributed by atoms with E-state index in [1.807, 2.05) is 18.7 Å². The lowest BCUT2D eigenvalue weighted by Crippen LogP contribution is -2.54. The van der Waals surface area contributed by atoms with Gasteiger partial charge in [0.25, 0.3) is 5.56 Å². The molecule has 0 N–H and O–H groups in total. The molecule has 0 radical (unpaired) electrons. The number of aromatic nitrogens is 2. The number of nitrogens with zero attached hydrogens (tertiary/aromatic N) is 4. The molecule has 6 nitrogen and oxygen atoms in total. The Morgan fingerprint density at radius 1 is 1.22 bits per heavy atom. The summed E-state index contributed by atoms with van der Waals surface area (Å²) in [7, 11) is 0. The molecule has 0 spiro atoms. The van der Waals surface area contributed by atoms with Crippen LogP contribution in [0.2, 0.25) is 0 Å². The van der Waals surface area contributed by atoms with Gasteiger partial charge in [0.05, 0.1) is 13.2 Å². The lowest BCUT2D eigenvalue weighted by atomic mass is 10.0. The van der Waals surface area contributed by atoms with Crippen molar-refractivity contribution in [1.29, 1.82) is 0 Å². The van der Waals surface area contributed by atoms with Crippen LogP contribution in [0.25, 0.3) is 0 Å². The number of ether oxygens (including phenoxy) is 1. The summed E-state index contributed by atoms with van der Waals surface area (Å²) >= 11 is 0. The van der Waals surface area contributed by atoms with Crippen LogP contribution in [0.15, 0.2) is 10.9 Å². The first-order valence-electron chi connectivity index (χ1n) is 9.63. The van der Waals surface area contributed by atoms with Gasteiger partial charge in [0.15, 0.2) is 0 Å². The molecule has 0 bridgehead atoms. The number of alkyl halides is 3. The van der Waals surface area contributed by atoms with Gasteiger partial charge in [-0.2, -0.15) is 18.2 Å². The van der Waals surface area contributed by atoms with Gasteiger partial charge in [0.2, 0.25) is 5.95 Å². The number of hydrogen-bond acceptors (Lipinski definition) is 5. The van der Waals surface area contributed by atoms with E-state index in [4.69, 9.17) is 4.74 Å². The molecule has 9 heteroatoms. The second-order valence-electron chi connectivity index (χ2n) is 7.18. The van der Waals surface area contributed by atoms with Crippen LogP contribution in [0.3, 0.4) is 0 Å². The summed E-state index contributed by atoms with van der Waals surface area (Å²) in [6, 6.07) is -0.178. The van der Waals surface area contributed by atoms with Gasteiger partial charge in [-0.25, -0.2) is 0 Å². The van der Waals surface area contributed by atoms with Gasteiger partial charge in [0.1, 0.15) is 11.9 Å². The van der Waals surface area contributed by atoms with Gasteiger partial charge >= 0.3 is 6.18 Å². The average molecular weight is 388 g/mol. The van der Waals surface area contributed by atoms with E-state index in [1.54, 1.807) is 0 Å². The molecule has 1 fully saturated rings. The highest BCUT2D eigenvalue weighted by Gasteiger charge is 2.47. The second-order valence-corrected chi connectivity index (χ2v) is 7.18. The van der Waals surface area contributed by atoms with E-state index < -0.39 is 12.2 Å². The maximum Gasteiger partial charge on any atom is 0.408 e. The molecule has 1 atom stereocenters. The predicted molar refractivity (Wildman–Crippen MR) is 97.4 cm³/mol. The summed E-state index contributed by atoms with van der Waals surface area (Å²) in [5.41, 5.74) is -0.295. The molecule has 3 rings (SSSR count). The quantitative estimate of drug-likeness (QED) is 0.776. The summed E-state index contributed by atoms with van der Waals surface area (Å²) in [5, 5.41) is 0. The highest BCUT2D eigenvalue weighted by Crippen LogP contribution is 2.35. The second kappa shape index (κ2) is 8.08. The average Bonchev–Trinajstić information content (AvgIpc) is 2.65. The maximum atomic E-state index is 13.7. The molecule has 1 unspecified atom stereocenters. The summed E-state index contributed by atoms with van der Waals surface area (Å²) in [6.45, 7) is 6.42. The van der Waals surface area contributed by atoms with Gasteiger partial charge in [-0.3, -0.25) is 9.36 Å². The van der Waals surface area contributed by atoms with E-state index in [1.165, 1.54) is 15.5 Å². The minimum absolute atomic E-state index is 0.0359. The first-order chi connectivity index (χ1) is 12.8. The predicted octanol–water partition coefficient (Wildman–Crippen LogP) is 2.66. The molecule has 2 aliphatic heterocycles. The first-order valence-corrected chi connectivity index (χ1v) is 9.63. The van der Waals surface area contributed by atoms with Gasteiger partial charge in [0, 0.05) is 32.2 Å². The third-order valence-electron chi connectivity index (χ3n) is 5.56. The molecular weight excluding hydrogens is 361 g/mol. The summed E-state index contributed by atoms with van der Waals surface area (Å²) in [4.78, 5) is 20.3. The zero-order valence-electron chi connectivity index (χ0n) is 15.8. The molecule has 0 saturated carbocycles. The number of hydrogen-bond donors (Lipinski definition) is 0. The van der Waals surface area contributed by atoms with Crippen molar-refractivity contribution < 1.29 is 17.9 Å². The zero-order valence-corrected chi connectivity index (χ0v) is 15.8. The van der Waals surface area contributed by atoms with Crippen molar-refractivity contribution in [3.05, 3.63) is 16.4 Å². The smallest absolute Gasteiger partial charge is 0.378 e. The topological polar surface area (TPSA) is 50.6 Å². The third-order valence-corrected chi connectivity index (χ3v) is 5.56. The van der Waals surface area contributed by atoms with Crippen molar-refractivity contribution in [3.8, 4) is 0 Å². The minimum Gasteiger partial charge on any atom is -0.378 e. The van der Waals surface area contributed by atoms with E-state index in [2.05, 4.69) is 4.98 Å². The van der Waals surface area contributed by atoms with Crippen molar-refractivity contribution in [2.45, 2.75) is 51.9 Å². The lowest BCUT2D eigenvalue weighted by molar-refractivity contribution is -0.153. The molecule has 1 aromatic rings. The fourth-order valence-electron chi connectivity index (χ4n) is 3.79. The number of fused-ring (bicyclic) bond motifs is 1. The van der Waals surface area contributed by atoms with Crippen LogP contribution in [-0.2, 0) is 11.3 Å². The van der Waals surface area contributed by atoms with E-state index in [0.717, 1.165) is 12.8 Å². The Morgan fingerprint density at radius 2 is 1.89 bits per heavy atom. The molecule has 0 aromatic carbocycles. The van der Waals surface area contributed by atoms with Crippen molar-refractivity contribution >= 4 is 11.8 Å². The summed E-state index contributed by atoms with van der Waals surface area (Å²) in [6.07, 6.45) is -2.92. The number of rotatable bonds is 5. The molecule has 152 valence electrons. The molecule has 0 amide bonds. The van der Waals surface area contributed by atoms with Crippen LogP contribution in [0.4, 0.5) is 24.9 Å². The monoisotopic (exact) mass is 388 g/mol. The molecule has 1 aromatic heterocycles. The Labute approximate surface area is 156 Å². The fraction of sp³-hybridized carbons (Fsp3) is 0.778. The summed E-state index contributed by atoms with van der Waals surface area (Å²) < 4.78 is 47.8. The third kappa shape index (κ3) is 4.23. The molecule has 1 saturated heterocycles. The Morgan fingerprint density at radius 3 is 2.48 bits per heavy atom. The number of halogens is 3. The van der Waals surface area contributed by atoms with Crippen molar-refractivity contribution in [2.75, 3.05) is 42.6 Å². The Bertz CT molecular complexity index is 697. The molecular formula is C18H27F3N4O2. The summed E-state index contributed by atoms with van der Waals surface area (Å²) in [5.74, 6) is 0.696. The molecule has 2 aliphatic rings. The van der Waals surface area contributed by atoms with Crippen molar-refractivity contribution in [3.63, 3.8) is 0 Å². The highest BCUT2D eigenvalue weighted by molar-refractivity contribution is 5.47. The first kappa shape index (κ1) is 20.0. The van der Waals surface area contributed by atoms with Crippen molar-refractivity contribution in [1.82, 2.24) is 9.55 Å². The van der Waals surface area contributed by atoms with Gasteiger partial charge in [-0.05, 0) is 12.3 Å². The lowest BCUT2D eigenvalue weighted by Gasteiger charge is -2.41. The van der Waals surface area contributed by atoms with Crippen LogP contribution in [0, 0.1) is 5.92 Å². The van der Waals surface area contributed by atoms with E-state index in [9.17, 15) is 18.0 Å². The molecule has 3 heterocycles. The fourth-order valence-corrected chi connectivity index (χ4v) is 3.79. The SMILES string of the molecule is CCC(CC)CN1c2nc(N3CCOCC3)cc(=O)n2CCC1C(F)(F)F. The van der Waals surface area contributed by atoms with Gasteiger partial charge < -0.3 is 14.5 Å². The Balaban J connectivity index is 2.02. The molecule has 27 heavy (non-hydrogen) atoms. The minimum atomic E-state index is -4.36. The largest absolute Gasteiger partial charge is 0.408 e. The van der Waals surface area contributed by atoms with Gasteiger partial charge in [-0.1, -0.05) is 26.7 Å². The van der Waals surface area contributed by atoms with E-state index in [0.29, 0.717) is 32.1 Å². The van der Waals surface area contributed by atoms with Crippen molar-refractivity contribution in [2.24, 2.45) is 5.92 Å². The molecule has 0 aliphatic carbocycles. The highest BCUT2D eigenvalue weighted by atomic mass is 19.4. The van der Waals surface area contributed by atoms with Crippen LogP contribution >= 0.6 is 0 Å². The standard InChI is InChI=1S/C18H27F3N4O2/c1-3-13(4-2)12-25-14(18(19,20)21)5-6-24-16(26)11-15(22-17(24)25)23-7-9-27-10-8-23/h11,13-14H,3-10,12H2,1-2H3. The normalized spacial score (nSPS) is 20.9. The van der Waals surface area contributed by atoms with Crippen LogP contribution in [0.5, 0.6) is 0 Å². The zero-order chi connectivity index (χ0) is 19.6. The Kier molecular flexibility index (Phi) is 5.98. The van der Waals surface area contributed by atoms with Gasteiger partial charge in [-0.15, -0.1) is 0 Å². The van der Waals surface area contributed by atoms with Crippen LogP contribution in [-0.4, -0.2) is 54.6 Å². The van der Waals surface area contributed by atoms with E-state index >= 15 is 0 Å². The number of morpholine rings is 1. The maximum absolute atomic E-state index is 13.7. The van der Waals surface area contributed by atoms with Crippen LogP contribution in [0.1, 0.15) is 33.1 Å². The number of anilines is 2. The Hall–Kier alpha value is -1.77.